The van der Waals surface area contributed by atoms with E-state index < -0.39 is 0 Å². The third kappa shape index (κ3) is 3.96. The van der Waals surface area contributed by atoms with Gasteiger partial charge in [0.15, 0.2) is 0 Å². The van der Waals surface area contributed by atoms with Crippen LogP contribution in [0.5, 0.6) is 5.75 Å². The second-order valence-electron chi connectivity index (χ2n) is 3.68. The van der Waals surface area contributed by atoms with Crippen LogP contribution in [0.4, 0.5) is 0 Å². The molecule has 0 radical (unpaired) electrons. The molecule has 1 atom stereocenters. The molecule has 1 rings (SSSR count). The second-order valence-corrected chi connectivity index (χ2v) is 3.68. The summed E-state index contributed by atoms with van der Waals surface area (Å²) in [6.07, 6.45) is 7.33. The minimum atomic E-state index is 0.193. The minimum Gasteiger partial charge on any atom is -0.497 e. The average molecular weight is 217 g/mol. The van der Waals surface area contributed by atoms with E-state index in [0.717, 1.165) is 25.1 Å². The average Bonchev–Trinajstić information content (AvgIpc) is 2.35. The number of hydrogen-bond donors (Lipinski definition) is 1. The summed E-state index contributed by atoms with van der Waals surface area (Å²) in [6.45, 7) is 3.00. The van der Waals surface area contributed by atoms with E-state index in [2.05, 4.69) is 30.3 Å². The van der Waals surface area contributed by atoms with Crippen LogP contribution in [0.1, 0.15) is 18.9 Å². The lowest BCUT2D eigenvalue weighted by atomic mass is 10.1. The molecule has 0 amide bonds. The summed E-state index contributed by atoms with van der Waals surface area (Å²) in [6, 6.07) is 8.31. The molecular weight excluding hydrogens is 198 g/mol. The SMILES string of the molecule is C#CC(CC)NCCc1ccc(OC)cc1. The summed E-state index contributed by atoms with van der Waals surface area (Å²) >= 11 is 0. The van der Waals surface area contributed by atoms with E-state index >= 15 is 0 Å². The molecule has 86 valence electrons. The first kappa shape index (κ1) is 12.6. The molecule has 1 unspecified atom stereocenters. The molecule has 0 aliphatic heterocycles. The molecule has 0 aromatic heterocycles. The fourth-order valence-electron chi connectivity index (χ4n) is 1.50. The van der Waals surface area contributed by atoms with Crippen molar-refractivity contribution in [1.29, 1.82) is 0 Å². The summed E-state index contributed by atoms with van der Waals surface area (Å²) in [5.41, 5.74) is 1.29. The number of methoxy groups -OCH3 is 1. The van der Waals surface area contributed by atoms with E-state index in [-0.39, 0.29) is 6.04 Å². The van der Waals surface area contributed by atoms with Gasteiger partial charge in [0.1, 0.15) is 5.75 Å². The van der Waals surface area contributed by atoms with Gasteiger partial charge >= 0.3 is 0 Å². The summed E-state index contributed by atoms with van der Waals surface area (Å²) in [4.78, 5) is 0. The van der Waals surface area contributed by atoms with E-state index in [9.17, 15) is 0 Å². The topological polar surface area (TPSA) is 21.3 Å². The lowest BCUT2D eigenvalue weighted by molar-refractivity contribution is 0.414. The van der Waals surface area contributed by atoms with E-state index in [0.29, 0.717) is 0 Å². The molecule has 0 saturated carbocycles. The number of terminal acetylenes is 1. The highest BCUT2D eigenvalue weighted by Crippen LogP contribution is 2.11. The zero-order chi connectivity index (χ0) is 11.8. The van der Waals surface area contributed by atoms with Gasteiger partial charge < -0.3 is 10.1 Å². The van der Waals surface area contributed by atoms with Gasteiger partial charge in [-0.1, -0.05) is 25.0 Å². The van der Waals surface area contributed by atoms with Crippen molar-refractivity contribution in [2.45, 2.75) is 25.8 Å². The van der Waals surface area contributed by atoms with Crippen molar-refractivity contribution in [1.82, 2.24) is 5.32 Å². The molecule has 0 saturated heterocycles. The summed E-state index contributed by atoms with van der Waals surface area (Å²) in [7, 11) is 1.68. The van der Waals surface area contributed by atoms with Gasteiger partial charge in [-0.05, 0) is 30.5 Å². The Hall–Kier alpha value is -1.46. The first-order valence-corrected chi connectivity index (χ1v) is 5.62. The van der Waals surface area contributed by atoms with Crippen LogP contribution in [-0.2, 0) is 6.42 Å². The number of ether oxygens (including phenoxy) is 1. The Balaban J connectivity index is 2.34. The number of nitrogens with one attached hydrogen (secondary N) is 1. The quantitative estimate of drug-likeness (QED) is 0.738. The van der Waals surface area contributed by atoms with Crippen LogP contribution >= 0.6 is 0 Å². The lowest BCUT2D eigenvalue weighted by Gasteiger charge is -2.10. The molecule has 16 heavy (non-hydrogen) atoms. The lowest BCUT2D eigenvalue weighted by Crippen LogP contribution is -2.28. The monoisotopic (exact) mass is 217 g/mol. The van der Waals surface area contributed by atoms with Crippen LogP contribution in [0.2, 0.25) is 0 Å². The standard InChI is InChI=1S/C14H19NO/c1-4-13(5-2)15-11-10-12-6-8-14(16-3)9-7-12/h1,6-9,13,15H,5,10-11H2,2-3H3. The highest BCUT2D eigenvalue weighted by Gasteiger charge is 2.00. The summed E-state index contributed by atoms with van der Waals surface area (Å²) in [5.74, 6) is 3.62. The minimum absolute atomic E-state index is 0.193. The van der Waals surface area contributed by atoms with Crippen molar-refractivity contribution in [2.75, 3.05) is 13.7 Å². The Bertz CT molecular complexity index is 337. The van der Waals surface area contributed by atoms with E-state index in [1.165, 1.54) is 5.56 Å². The Morgan fingerprint density at radius 3 is 2.56 bits per heavy atom. The zero-order valence-electron chi connectivity index (χ0n) is 9.99. The van der Waals surface area contributed by atoms with Crippen molar-refractivity contribution >= 4 is 0 Å². The maximum atomic E-state index is 5.37. The Labute approximate surface area is 98.0 Å². The van der Waals surface area contributed by atoms with Crippen molar-refractivity contribution in [3.8, 4) is 18.1 Å². The maximum Gasteiger partial charge on any atom is 0.118 e. The largest absolute Gasteiger partial charge is 0.497 e. The molecular formula is C14H19NO. The molecule has 1 N–H and O–H groups in total. The Kier molecular flexibility index (Phi) is 5.45. The van der Waals surface area contributed by atoms with E-state index in [1.54, 1.807) is 7.11 Å². The van der Waals surface area contributed by atoms with Crippen molar-refractivity contribution < 1.29 is 4.74 Å². The zero-order valence-corrected chi connectivity index (χ0v) is 9.99. The van der Waals surface area contributed by atoms with Crippen LogP contribution in [0.15, 0.2) is 24.3 Å². The molecule has 0 aliphatic carbocycles. The summed E-state index contributed by atoms with van der Waals surface area (Å²) < 4.78 is 5.10. The first-order chi connectivity index (χ1) is 7.80. The molecule has 0 aliphatic rings. The van der Waals surface area contributed by atoms with Crippen molar-refractivity contribution in [3.05, 3.63) is 29.8 Å². The highest BCUT2D eigenvalue weighted by atomic mass is 16.5. The van der Waals surface area contributed by atoms with Crippen LogP contribution < -0.4 is 10.1 Å². The molecule has 0 fully saturated rings. The van der Waals surface area contributed by atoms with Gasteiger partial charge in [-0.25, -0.2) is 0 Å². The predicted octanol–water partition coefficient (Wildman–Crippen LogP) is 2.24. The van der Waals surface area contributed by atoms with Gasteiger partial charge in [-0.15, -0.1) is 6.42 Å². The molecule has 1 aromatic rings. The van der Waals surface area contributed by atoms with Gasteiger partial charge in [-0.2, -0.15) is 0 Å². The molecule has 0 bridgehead atoms. The van der Waals surface area contributed by atoms with Crippen molar-refractivity contribution in [2.24, 2.45) is 0 Å². The normalized spacial score (nSPS) is 11.8. The number of rotatable bonds is 6. The van der Waals surface area contributed by atoms with E-state index in [1.807, 2.05) is 12.1 Å². The number of benzene rings is 1. The molecule has 0 heterocycles. The van der Waals surface area contributed by atoms with Gasteiger partial charge in [-0.3, -0.25) is 0 Å². The fourth-order valence-corrected chi connectivity index (χ4v) is 1.50. The van der Waals surface area contributed by atoms with Crippen LogP contribution in [-0.4, -0.2) is 19.7 Å². The first-order valence-electron chi connectivity index (χ1n) is 5.62. The van der Waals surface area contributed by atoms with Crippen LogP contribution in [0.25, 0.3) is 0 Å². The third-order valence-corrected chi connectivity index (χ3v) is 2.57. The smallest absolute Gasteiger partial charge is 0.118 e. The molecule has 2 heteroatoms. The van der Waals surface area contributed by atoms with Gasteiger partial charge in [0.2, 0.25) is 0 Å². The Morgan fingerprint density at radius 2 is 2.06 bits per heavy atom. The van der Waals surface area contributed by atoms with Crippen LogP contribution in [0.3, 0.4) is 0 Å². The van der Waals surface area contributed by atoms with E-state index in [4.69, 9.17) is 11.2 Å². The molecule has 1 aromatic carbocycles. The Morgan fingerprint density at radius 1 is 1.38 bits per heavy atom. The predicted molar refractivity (Wildman–Crippen MR) is 67.6 cm³/mol. The molecule has 2 nitrogen and oxygen atoms in total. The molecule has 0 spiro atoms. The fraction of sp³-hybridized carbons (Fsp3) is 0.429. The number of hydrogen-bond acceptors (Lipinski definition) is 2. The van der Waals surface area contributed by atoms with Crippen LogP contribution in [0, 0.1) is 12.3 Å². The summed E-state index contributed by atoms with van der Waals surface area (Å²) in [5, 5.41) is 3.33. The second kappa shape index (κ2) is 6.92. The van der Waals surface area contributed by atoms with Gasteiger partial charge in [0.25, 0.3) is 0 Å². The highest BCUT2D eigenvalue weighted by molar-refractivity contribution is 5.27. The maximum absolute atomic E-state index is 5.37. The van der Waals surface area contributed by atoms with Crippen molar-refractivity contribution in [3.63, 3.8) is 0 Å². The third-order valence-electron chi connectivity index (χ3n) is 2.57. The van der Waals surface area contributed by atoms with Gasteiger partial charge in [0.05, 0.1) is 13.2 Å². The van der Waals surface area contributed by atoms with Gasteiger partial charge in [0, 0.05) is 6.54 Å².